The van der Waals surface area contributed by atoms with Gasteiger partial charge in [-0.2, -0.15) is 0 Å². The largest absolute Gasteiger partial charge is 0.494 e. The van der Waals surface area contributed by atoms with Gasteiger partial charge >= 0.3 is 0 Å². The molecule has 0 saturated heterocycles. The van der Waals surface area contributed by atoms with Crippen LogP contribution >= 0.6 is 0 Å². The third-order valence-electron chi connectivity index (χ3n) is 2.88. The van der Waals surface area contributed by atoms with E-state index < -0.39 is 6.10 Å². The molecule has 0 bridgehead atoms. The maximum Gasteiger partial charge on any atom is 0.119 e. The Labute approximate surface area is 109 Å². The van der Waals surface area contributed by atoms with Gasteiger partial charge in [-0.15, -0.1) is 6.58 Å². The summed E-state index contributed by atoms with van der Waals surface area (Å²) >= 11 is 0. The first-order valence-electron chi connectivity index (χ1n) is 6.48. The molecule has 2 atom stereocenters. The number of benzene rings is 1. The zero-order valence-electron chi connectivity index (χ0n) is 11.2. The zero-order valence-corrected chi connectivity index (χ0v) is 11.2. The summed E-state index contributed by atoms with van der Waals surface area (Å²) in [5.41, 5.74) is 0.905. The zero-order chi connectivity index (χ0) is 13.4. The number of ether oxygens (including phenoxy) is 1. The highest BCUT2D eigenvalue weighted by Crippen LogP contribution is 2.21. The van der Waals surface area contributed by atoms with Crippen molar-refractivity contribution in [2.24, 2.45) is 0 Å². The molecule has 0 saturated carbocycles. The Balaban J connectivity index is 2.68. The van der Waals surface area contributed by atoms with Crippen molar-refractivity contribution >= 4 is 0 Å². The summed E-state index contributed by atoms with van der Waals surface area (Å²) in [4.78, 5) is 0. The molecule has 0 fully saturated rings. The van der Waals surface area contributed by atoms with Crippen LogP contribution in [0.2, 0.25) is 0 Å². The Kier molecular flexibility index (Phi) is 6.47. The fourth-order valence-electron chi connectivity index (χ4n) is 1.87. The summed E-state index contributed by atoms with van der Waals surface area (Å²) in [6.45, 7) is 9.03. The molecule has 0 aliphatic heterocycles. The van der Waals surface area contributed by atoms with Crippen molar-refractivity contribution in [1.82, 2.24) is 5.32 Å². The van der Waals surface area contributed by atoms with Crippen LogP contribution in [0.4, 0.5) is 0 Å². The minimum Gasteiger partial charge on any atom is -0.494 e. The van der Waals surface area contributed by atoms with Crippen LogP contribution in [-0.2, 0) is 0 Å². The lowest BCUT2D eigenvalue weighted by Gasteiger charge is -2.23. The quantitative estimate of drug-likeness (QED) is 0.696. The number of aliphatic hydroxyl groups excluding tert-OH is 1. The van der Waals surface area contributed by atoms with E-state index in [-0.39, 0.29) is 6.04 Å². The monoisotopic (exact) mass is 249 g/mol. The molecule has 100 valence electrons. The lowest BCUT2D eigenvalue weighted by molar-refractivity contribution is 0.128. The minimum atomic E-state index is -0.509. The van der Waals surface area contributed by atoms with Crippen molar-refractivity contribution in [1.29, 1.82) is 0 Å². The second kappa shape index (κ2) is 7.90. The molecule has 1 aromatic carbocycles. The van der Waals surface area contributed by atoms with Crippen LogP contribution in [0.3, 0.4) is 0 Å². The molecule has 1 aromatic rings. The molecule has 0 aliphatic rings. The van der Waals surface area contributed by atoms with Crippen molar-refractivity contribution in [3.8, 4) is 5.75 Å². The van der Waals surface area contributed by atoms with Crippen molar-refractivity contribution in [3.05, 3.63) is 42.5 Å². The molecular formula is C15H23NO2. The molecule has 0 amide bonds. The normalized spacial score (nSPS) is 13.9. The number of aliphatic hydroxyl groups is 1. The van der Waals surface area contributed by atoms with Gasteiger partial charge in [-0.3, -0.25) is 0 Å². The smallest absolute Gasteiger partial charge is 0.119 e. The summed E-state index contributed by atoms with van der Waals surface area (Å²) < 4.78 is 5.38. The van der Waals surface area contributed by atoms with Crippen molar-refractivity contribution in [2.75, 3.05) is 13.2 Å². The second-order valence-corrected chi connectivity index (χ2v) is 4.16. The van der Waals surface area contributed by atoms with E-state index in [4.69, 9.17) is 4.74 Å². The van der Waals surface area contributed by atoms with Crippen LogP contribution in [0.25, 0.3) is 0 Å². The van der Waals surface area contributed by atoms with Crippen molar-refractivity contribution in [2.45, 2.75) is 32.4 Å². The lowest BCUT2D eigenvalue weighted by Crippen LogP contribution is -2.34. The first kappa shape index (κ1) is 14.7. The molecule has 3 nitrogen and oxygen atoms in total. The molecule has 0 aliphatic carbocycles. The number of nitrogens with one attached hydrogen (secondary N) is 1. The fourth-order valence-corrected chi connectivity index (χ4v) is 1.87. The molecule has 2 N–H and O–H groups in total. The van der Waals surface area contributed by atoms with E-state index >= 15 is 0 Å². The summed E-state index contributed by atoms with van der Waals surface area (Å²) in [7, 11) is 0. The van der Waals surface area contributed by atoms with Gasteiger partial charge in [0.05, 0.1) is 12.7 Å². The molecule has 0 radical (unpaired) electrons. The van der Waals surface area contributed by atoms with E-state index in [0.29, 0.717) is 13.2 Å². The summed E-state index contributed by atoms with van der Waals surface area (Å²) in [6, 6.07) is 7.65. The highest BCUT2D eigenvalue weighted by molar-refractivity contribution is 5.29. The van der Waals surface area contributed by atoms with E-state index in [9.17, 15) is 5.11 Å². The van der Waals surface area contributed by atoms with E-state index in [1.165, 1.54) is 0 Å². The van der Waals surface area contributed by atoms with Gasteiger partial charge in [0, 0.05) is 12.6 Å². The molecule has 3 heteroatoms. The predicted molar refractivity (Wildman–Crippen MR) is 74.8 cm³/mol. The van der Waals surface area contributed by atoms with Gasteiger partial charge < -0.3 is 15.2 Å². The van der Waals surface area contributed by atoms with Gasteiger partial charge in [0.1, 0.15) is 5.75 Å². The third-order valence-corrected chi connectivity index (χ3v) is 2.88. The van der Waals surface area contributed by atoms with E-state index in [2.05, 4.69) is 18.8 Å². The molecule has 0 spiro atoms. The first-order valence-corrected chi connectivity index (χ1v) is 6.48. The molecular weight excluding hydrogens is 226 g/mol. The molecule has 0 aromatic heterocycles. The summed E-state index contributed by atoms with van der Waals surface area (Å²) in [5.74, 6) is 0.834. The van der Waals surface area contributed by atoms with Gasteiger partial charge in [-0.25, -0.2) is 0 Å². The SMILES string of the molecule is C=CCNC(CC)C(O)c1ccc(OCC)cc1. The number of rotatable bonds is 8. The Morgan fingerprint density at radius 1 is 1.33 bits per heavy atom. The maximum absolute atomic E-state index is 10.3. The topological polar surface area (TPSA) is 41.5 Å². The molecule has 2 unspecified atom stereocenters. The van der Waals surface area contributed by atoms with Crippen LogP contribution in [0, 0.1) is 0 Å². The predicted octanol–water partition coefficient (Wildman–Crippen LogP) is 2.67. The first-order chi connectivity index (χ1) is 8.72. The third kappa shape index (κ3) is 4.17. The van der Waals surface area contributed by atoms with Crippen molar-refractivity contribution in [3.63, 3.8) is 0 Å². The Morgan fingerprint density at radius 3 is 2.50 bits per heavy atom. The standard InChI is InChI=1S/C15H23NO2/c1-4-11-16-14(5-2)15(17)12-7-9-13(10-8-12)18-6-3/h4,7-10,14-17H,1,5-6,11H2,2-3H3. The Hall–Kier alpha value is -1.32. The van der Waals surface area contributed by atoms with Gasteiger partial charge in [0.2, 0.25) is 0 Å². The van der Waals surface area contributed by atoms with E-state index in [1.807, 2.05) is 31.2 Å². The van der Waals surface area contributed by atoms with Crippen LogP contribution < -0.4 is 10.1 Å². The number of hydrogen-bond acceptors (Lipinski definition) is 3. The molecule has 18 heavy (non-hydrogen) atoms. The lowest BCUT2D eigenvalue weighted by atomic mass is 10.00. The summed E-state index contributed by atoms with van der Waals surface area (Å²) in [6.07, 6.45) is 2.15. The van der Waals surface area contributed by atoms with Gasteiger partial charge in [0.15, 0.2) is 0 Å². The average Bonchev–Trinajstić information content (AvgIpc) is 2.40. The Bertz CT molecular complexity index is 348. The van der Waals surface area contributed by atoms with Gasteiger partial charge in [-0.1, -0.05) is 25.1 Å². The average molecular weight is 249 g/mol. The molecule has 0 heterocycles. The van der Waals surface area contributed by atoms with Gasteiger partial charge in [0.25, 0.3) is 0 Å². The molecule has 1 rings (SSSR count). The van der Waals surface area contributed by atoms with E-state index in [0.717, 1.165) is 17.7 Å². The van der Waals surface area contributed by atoms with Gasteiger partial charge in [-0.05, 0) is 31.0 Å². The minimum absolute atomic E-state index is 0.0425. The maximum atomic E-state index is 10.3. The number of hydrogen-bond donors (Lipinski definition) is 2. The Morgan fingerprint density at radius 2 is 2.00 bits per heavy atom. The van der Waals surface area contributed by atoms with Crippen LogP contribution in [0.5, 0.6) is 5.75 Å². The summed E-state index contributed by atoms with van der Waals surface area (Å²) in [5, 5.41) is 13.5. The van der Waals surface area contributed by atoms with Crippen LogP contribution in [-0.4, -0.2) is 24.3 Å². The van der Waals surface area contributed by atoms with E-state index in [1.54, 1.807) is 6.08 Å². The van der Waals surface area contributed by atoms with Crippen LogP contribution in [0.1, 0.15) is 31.9 Å². The highest BCUT2D eigenvalue weighted by atomic mass is 16.5. The fraction of sp³-hybridized carbons (Fsp3) is 0.467. The van der Waals surface area contributed by atoms with Crippen LogP contribution in [0.15, 0.2) is 36.9 Å². The second-order valence-electron chi connectivity index (χ2n) is 4.16. The highest BCUT2D eigenvalue weighted by Gasteiger charge is 2.18. The van der Waals surface area contributed by atoms with Crippen molar-refractivity contribution < 1.29 is 9.84 Å².